The molecule has 2 atom stereocenters. The van der Waals surface area contributed by atoms with E-state index < -0.39 is 6.10 Å². The fourth-order valence-electron chi connectivity index (χ4n) is 2.14. The topological polar surface area (TPSA) is 61.4 Å². The molecule has 1 aliphatic heterocycles. The van der Waals surface area contributed by atoms with E-state index >= 15 is 0 Å². The Hall–Kier alpha value is -0.170. The standard InChI is InChI=1S/C14H18Cl2N2O2S.ClH/c15-10-3-9(4-11(16)5-10)13(19)7-18-14(20)6-12-8-21-2-1-17-12;/h3-5,12-13,17,19H,1-2,6-8H2,(H,18,20);1H. The Kier molecular flexibility index (Phi) is 8.90. The molecule has 1 aliphatic rings. The lowest BCUT2D eigenvalue weighted by molar-refractivity contribution is -0.121. The van der Waals surface area contributed by atoms with Crippen LogP contribution in [0.4, 0.5) is 0 Å². The summed E-state index contributed by atoms with van der Waals surface area (Å²) in [7, 11) is 0. The first-order valence-corrected chi connectivity index (χ1v) is 8.67. The fraction of sp³-hybridized carbons (Fsp3) is 0.500. The normalized spacial score (nSPS) is 19.1. The van der Waals surface area contributed by atoms with Crippen LogP contribution < -0.4 is 10.6 Å². The lowest BCUT2D eigenvalue weighted by Gasteiger charge is -2.22. The molecule has 1 aromatic carbocycles. The Labute approximate surface area is 150 Å². The summed E-state index contributed by atoms with van der Waals surface area (Å²) in [5.41, 5.74) is 0.596. The van der Waals surface area contributed by atoms with Gasteiger partial charge in [-0.05, 0) is 23.8 Å². The smallest absolute Gasteiger partial charge is 0.221 e. The van der Waals surface area contributed by atoms with Crippen molar-refractivity contribution in [3.05, 3.63) is 33.8 Å². The highest BCUT2D eigenvalue weighted by molar-refractivity contribution is 7.99. The van der Waals surface area contributed by atoms with Crippen molar-refractivity contribution in [2.45, 2.75) is 18.6 Å². The van der Waals surface area contributed by atoms with Gasteiger partial charge >= 0.3 is 0 Å². The van der Waals surface area contributed by atoms with Gasteiger partial charge in [0.1, 0.15) is 0 Å². The number of benzene rings is 1. The quantitative estimate of drug-likeness (QED) is 0.729. The third kappa shape index (κ3) is 6.52. The van der Waals surface area contributed by atoms with Gasteiger partial charge in [0.05, 0.1) is 6.10 Å². The van der Waals surface area contributed by atoms with Gasteiger partial charge in [0.2, 0.25) is 5.91 Å². The third-order valence-electron chi connectivity index (χ3n) is 3.19. The molecule has 8 heteroatoms. The van der Waals surface area contributed by atoms with Crippen LogP contribution in [-0.4, -0.2) is 41.7 Å². The van der Waals surface area contributed by atoms with Crippen LogP contribution in [0.3, 0.4) is 0 Å². The Morgan fingerprint density at radius 2 is 2.09 bits per heavy atom. The molecule has 2 unspecified atom stereocenters. The van der Waals surface area contributed by atoms with Crippen molar-refractivity contribution in [3.63, 3.8) is 0 Å². The number of carbonyl (C=O) groups is 1. The zero-order valence-corrected chi connectivity index (χ0v) is 15.0. The van der Waals surface area contributed by atoms with Crippen LogP contribution in [0.5, 0.6) is 0 Å². The van der Waals surface area contributed by atoms with E-state index in [0.29, 0.717) is 22.0 Å². The van der Waals surface area contributed by atoms with E-state index in [1.54, 1.807) is 18.2 Å². The maximum absolute atomic E-state index is 11.9. The van der Waals surface area contributed by atoms with Crippen LogP contribution in [0.15, 0.2) is 18.2 Å². The van der Waals surface area contributed by atoms with E-state index in [1.807, 2.05) is 11.8 Å². The molecular formula is C14H19Cl3N2O2S. The summed E-state index contributed by atoms with van der Waals surface area (Å²) in [6.07, 6.45) is -0.394. The van der Waals surface area contributed by atoms with Gasteiger partial charge in [0.15, 0.2) is 0 Å². The zero-order chi connectivity index (χ0) is 15.2. The van der Waals surface area contributed by atoms with Crippen molar-refractivity contribution in [1.82, 2.24) is 10.6 Å². The molecule has 0 radical (unpaired) electrons. The van der Waals surface area contributed by atoms with Gasteiger partial charge < -0.3 is 15.7 Å². The second-order valence-electron chi connectivity index (χ2n) is 4.95. The largest absolute Gasteiger partial charge is 0.387 e. The summed E-state index contributed by atoms with van der Waals surface area (Å²) in [5.74, 6) is 1.97. The molecule has 0 aliphatic carbocycles. The Bertz CT molecular complexity index is 479. The monoisotopic (exact) mass is 384 g/mol. The third-order valence-corrected chi connectivity index (χ3v) is 4.76. The number of hydrogen-bond acceptors (Lipinski definition) is 4. The Balaban J connectivity index is 0.00000242. The molecule has 22 heavy (non-hydrogen) atoms. The van der Waals surface area contributed by atoms with Gasteiger partial charge in [-0.2, -0.15) is 11.8 Å². The van der Waals surface area contributed by atoms with E-state index in [2.05, 4.69) is 10.6 Å². The molecule has 3 N–H and O–H groups in total. The van der Waals surface area contributed by atoms with Crippen molar-refractivity contribution >= 4 is 53.3 Å². The van der Waals surface area contributed by atoms with Gasteiger partial charge in [-0.3, -0.25) is 4.79 Å². The highest BCUT2D eigenvalue weighted by atomic mass is 35.5. The number of nitrogens with one attached hydrogen (secondary N) is 2. The number of halogens is 3. The number of hydrogen-bond donors (Lipinski definition) is 3. The lowest BCUT2D eigenvalue weighted by atomic mass is 10.1. The average molecular weight is 386 g/mol. The van der Waals surface area contributed by atoms with Crippen LogP contribution >= 0.6 is 47.4 Å². The van der Waals surface area contributed by atoms with E-state index in [-0.39, 0.29) is 30.9 Å². The Morgan fingerprint density at radius 3 is 2.68 bits per heavy atom. The SMILES string of the molecule is Cl.O=C(CC1CSCCN1)NCC(O)c1cc(Cl)cc(Cl)c1. The molecule has 0 bridgehead atoms. The number of aliphatic hydroxyl groups is 1. The highest BCUT2D eigenvalue weighted by Crippen LogP contribution is 2.23. The number of amides is 1. The van der Waals surface area contributed by atoms with Crippen LogP contribution in [0.2, 0.25) is 10.0 Å². The fourth-order valence-corrected chi connectivity index (χ4v) is 3.63. The summed E-state index contributed by atoms with van der Waals surface area (Å²) >= 11 is 13.6. The van der Waals surface area contributed by atoms with E-state index in [1.165, 1.54) is 0 Å². The minimum absolute atomic E-state index is 0. The predicted octanol–water partition coefficient (Wildman–Crippen LogP) is 2.66. The van der Waals surface area contributed by atoms with Crippen LogP contribution in [0, 0.1) is 0 Å². The average Bonchev–Trinajstić information content (AvgIpc) is 2.45. The minimum atomic E-state index is -0.821. The zero-order valence-electron chi connectivity index (χ0n) is 11.9. The number of rotatable bonds is 5. The molecule has 0 aromatic heterocycles. The molecule has 1 aromatic rings. The van der Waals surface area contributed by atoms with Gasteiger partial charge in [-0.1, -0.05) is 23.2 Å². The molecule has 1 amide bonds. The summed E-state index contributed by atoms with van der Waals surface area (Å²) in [5, 5.41) is 17.0. The minimum Gasteiger partial charge on any atom is -0.387 e. The lowest BCUT2D eigenvalue weighted by Crippen LogP contribution is -2.41. The first kappa shape index (κ1) is 19.9. The summed E-state index contributed by atoms with van der Waals surface area (Å²) in [6, 6.07) is 5.10. The highest BCUT2D eigenvalue weighted by Gasteiger charge is 2.17. The second kappa shape index (κ2) is 9.85. The van der Waals surface area contributed by atoms with Crippen LogP contribution in [0.1, 0.15) is 18.1 Å². The number of thioether (sulfide) groups is 1. The molecule has 1 fully saturated rings. The molecular weight excluding hydrogens is 367 g/mol. The first-order valence-electron chi connectivity index (χ1n) is 6.76. The van der Waals surface area contributed by atoms with Crippen molar-refractivity contribution in [1.29, 1.82) is 0 Å². The molecule has 1 saturated heterocycles. The summed E-state index contributed by atoms with van der Waals surface area (Å²) in [4.78, 5) is 11.9. The molecule has 0 spiro atoms. The van der Waals surface area contributed by atoms with Gasteiger partial charge in [-0.15, -0.1) is 12.4 Å². The molecule has 124 valence electrons. The van der Waals surface area contributed by atoms with Crippen LogP contribution in [-0.2, 0) is 4.79 Å². The maximum Gasteiger partial charge on any atom is 0.221 e. The van der Waals surface area contributed by atoms with Crippen molar-refractivity contribution in [2.24, 2.45) is 0 Å². The predicted molar refractivity (Wildman–Crippen MR) is 95.4 cm³/mol. The molecule has 0 saturated carbocycles. The van der Waals surface area contributed by atoms with Crippen LogP contribution in [0.25, 0.3) is 0 Å². The Morgan fingerprint density at radius 1 is 1.41 bits per heavy atom. The summed E-state index contributed by atoms with van der Waals surface area (Å²) in [6.45, 7) is 1.08. The molecule has 4 nitrogen and oxygen atoms in total. The van der Waals surface area contributed by atoms with E-state index in [9.17, 15) is 9.90 Å². The van der Waals surface area contributed by atoms with E-state index in [0.717, 1.165) is 18.1 Å². The number of aliphatic hydroxyl groups excluding tert-OH is 1. The van der Waals surface area contributed by atoms with Gasteiger partial charge in [0, 0.05) is 47.1 Å². The molecule has 1 heterocycles. The van der Waals surface area contributed by atoms with Gasteiger partial charge in [0.25, 0.3) is 0 Å². The molecule has 2 rings (SSSR count). The van der Waals surface area contributed by atoms with Crippen molar-refractivity contribution in [2.75, 3.05) is 24.6 Å². The maximum atomic E-state index is 11.9. The van der Waals surface area contributed by atoms with Crippen molar-refractivity contribution in [3.8, 4) is 0 Å². The van der Waals surface area contributed by atoms with Crippen molar-refractivity contribution < 1.29 is 9.90 Å². The first-order chi connectivity index (χ1) is 10.0. The van der Waals surface area contributed by atoms with Gasteiger partial charge in [-0.25, -0.2) is 0 Å². The summed E-state index contributed by atoms with van der Waals surface area (Å²) < 4.78 is 0. The van der Waals surface area contributed by atoms with E-state index in [4.69, 9.17) is 23.2 Å². The second-order valence-corrected chi connectivity index (χ2v) is 6.98. The number of carbonyl (C=O) groups excluding carboxylic acids is 1.